The minimum Gasteiger partial charge on any atom is -0.445 e. The maximum atomic E-state index is 12.1. The molecule has 1 heterocycles. The number of hydrogen-bond donors (Lipinski definition) is 1. The maximum absolute atomic E-state index is 12.1. The first kappa shape index (κ1) is 14.5. The normalized spacial score (nSPS) is 19.9. The first-order valence-corrected chi connectivity index (χ1v) is 7.94. The van der Waals surface area contributed by atoms with Crippen molar-refractivity contribution in [2.24, 2.45) is 5.92 Å². The van der Waals surface area contributed by atoms with E-state index in [1.54, 1.807) is 6.07 Å². The molecule has 0 radical (unpaired) electrons. The van der Waals surface area contributed by atoms with Gasteiger partial charge in [0.25, 0.3) is 0 Å². The number of hydrogen-bond acceptors (Lipinski definition) is 4. The zero-order valence-corrected chi connectivity index (χ0v) is 12.9. The van der Waals surface area contributed by atoms with Gasteiger partial charge in [-0.1, -0.05) is 26.3 Å². The van der Waals surface area contributed by atoms with Gasteiger partial charge in [-0.15, -0.1) is 0 Å². The largest absolute Gasteiger partial charge is 0.445 e. The van der Waals surface area contributed by atoms with Gasteiger partial charge >= 0.3 is 5.97 Å². The Bertz CT molecular complexity index is 536. The molecule has 0 unspecified atom stereocenters. The quantitative estimate of drug-likeness (QED) is 0.514. The summed E-state index contributed by atoms with van der Waals surface area (Å²) in [7, 11) is 0. The summed E-state index contributed by atoms with van der Waals surface area (Å²) in [4.78, 5) is 16.6. The van der Waals surface area contributed by atoms with E-state index in [9.17, 15) is 4.79 Å². The van der Waals surface area contributed by atoms with E-state index in [0.29, 0.717) is 5.69 Å². The molecule has 1 saturated carbocycles. The molecule has 1 fully saturated rings. The molecule has 2 aliphatic rings. The van der Waals surface area contributed by atoms with Crippen LogP contribution in [-0.4, -0.2) is 24.2 Å². The molecule has 21 heavy (non-hydrogen) atoms. The number of aromatic nitrogens is 1. The molecule has 4 heteroatoms. The molecule has 0 amide bonds. The van der Waals surface area contributed by atoms with E-state index < -0.39 is 0 Å². The Morgan fingerprint density at radius 3 is 2.95 bits per heavy atom. The molecular formula is C17H24N2O2. The van der Waals surface area contributed by atoms with Crippen LogP contribution in [-0.2, 0) is 16.6 Å². The molecule has 0 aromatic carbocycles. The smallest absolute Gasteiger partial charge is 0.358 e. The van der Waals surface area contributed by atoms with Crippen molar-refractivity contribution in [2.45, 2.75) is 51.4 Å². The topological polar surface area (TPSA) is 51.2 Å². The molecule has 114 valence electrons. The van der Waals surface area contributed by atoms with Crippen molar-refractivity contribution >= 4 is 5.97 Å². The number of esters is 1. The van der Waals surface area contributed by atoms with Crippen LogP contribution in [0.2, 0.25) is 0 Å². The number of aryl methyl sites for hydroxylation is 1. The highest BCUT2D eigenvalue weighted by molar-refractivity contribution is 5.87. The SMILES string of the molecule is CC1(C)CCc2ccc(C(=O)OCNCC3CCC3)nc21. The van der Waals surface area contributed by atoms with Crippen molar-refractivity contribution in [2.75, 3.05) is 13.3 Å². The predicted octanol–water partition coefficient (Wildman–Crippen LogP) is 2.81. The molecule has 3 rings (SSSR count). The lowest BCUT2D eigenvalue weighted by Crippen LogP contribution is -2.30. The van der Waals surface area contributed by atoms with Gasteiger partial charge < -0.3 is 4.74 Å². The van der Waals surface area contributed by atoms with Crippen LogP contribution in [0.3, 0.4) is 0 Å². The van der Waals surface area contributed by atoms with Crippen LogP contribution in [0.25, 0.3) is 0 Å². The second-order valence-corrected chi connectivity index (χ2v) is 6.92. The van der Waals surface area contributed by atoms with E-state index in [2.05, 4.69) is 24.1 Å². The average molecular weight is 288 g/mol. The molecule has 4 nitrogen and oxygen atoms in total. The van der Waals surface area contributed by atoms with Crippen LogP contribution < -0.4 is 5.32 Å². The Morgan fingerprint density at radius 2 is 2.24 bits per heavy atom. The van der Waals surface area contributed by atoms with Crippen LogP contribution in [0.1, 0.15) is 61.3 Å². The molecule has 0 atom stereocenters. The van der Waals surface area contributed by atoms with Gasteiger partial charge in [0.15, 0.2) is 0 Å². The summed E-state index contributed by atoms with van der Waals surface area (Å²) in [6.45, 7) is 5.58. The van der Waals surface area contributed by atoms with E-state index in [4.69, 9.17) is 4.74 Å². The third kappa shape index (κ3) is 3.10. The number of nitrogens with one attached hydrogen (secondary N) is 1. The van der Waals surface area contributed by atoms with Crippen LogP contribution in [0, 0.1) is 5.92 Å². The number of nitrogens with zero attached hydrogens (tertiary/aromatic N) is 1. The van der Waals surface area contributed by atoms with E-state index >= 15 is 0 Å². The molecule has 1 N–H and O–H groups in total. The Labute approximate surface area is 126 Å². The fourth-order valence-corrected chi connectivity index (χ4v) is 3.11. The van der Waals surface area contributed by atoms with Crippen LogP contribution in [0.15, 0.2) is 12.1 Å². The van der Waals surface area contributed by atoms with Crippen molar-refractivity contribution < 1.29 is 9.53 Å². The molecule has 0 bridgehead atoms. The first-order valence-electron chi connectivity index (χ1n) is 7.94. The van der Waals surface area contributed by atoms with Gasteiger partial charge in [0.05, 0.1) is 5.69 Å². The molecular weight excluding hydrogens is 264 g/mol. The number of fused-ring (bicyclic) bond motifs is 1. The number of ether oxygens (including phenoxy) is 1. The summed E-state index contributed by atoms with van der Waals surface area (Å²) >= 11 is 0. The monoisotopic (exact) mass is 288 g/mol. The van der Waals surface area contributed by atoms with Gasteiger partial charge in [0.1, 0.15) is 12.4 Å². The minimum absolute atomic E-state index is 0.0636. The third-order valence-electron chi connectivity index (χ3n) is 4.81. The Balaban J connectivity index is 1.55. The Hall–Kier alpha value is -1.42. The maximum Gasteiger partial charge on any atom is 0.358 e. The highest BCUT2D eigenvalue weighted by Gasteiger charge is 2.32. The highest BCUT2D eigenvalue weighted by Crippen LogP contribution is 2.36. The van der Waals surface area contributed by atoms with Crippen molar-refractivity contribution in [3.8, 4) is 0 Å². The van der Waals surface area contributed by atoms with E-state index in [0.717, 1.165) is 31.0 Å². The van der Waals surface area contributed by atoms with Gasteiger partial charge in [0.2, 0.25) is 0 Å². The molecule has 0 aliphatic heterocycles. The standard InChI is InChI=1S/C17H24N2O2/c1-17(2)9-8-13-6-7-14(19-15(13)17)16(20)21-11-18-10-12-4-3-5-12/h6-7,12,18H,3-5,8-11H2,1-2H3. The van der Waals surface area contributed by atoms with Crippen molar-refractivity contribution in [3.05, 3.63) is 29.1 Å². The van der Waals surface area contributed by atoms with Crippen molar-refractivity contribution in [1.82, 2.24) is 10.3 Å². The van der Waals surface area contributed by atoms with E-state index in [1.165, 1.54) is 24.8 Å². The molecule has 1 aromatic rings. The number of carbonyl (C=O) groups excluding carboxylic acids is 1. The third-order valence-corrected chi connectivity index (χ3v) is 4.81. The average Bonchev–Trinajstić information content (AvgIpc) is 2.72. The van der Waals surface area contributed by atoms with Gasteiger partial charge in [-0.3, -0.25) is 5.32 Å². The van der Waals surface area contributed by atoms with Gasteiger partial charge in [-0.05, 0) is 43.2 Å². The van der Waals surface area contributed by atoms with Gasteiger partial charge in [-0.25, -0.2) is 9.78 Å². The second-order valence-electron chi connectivity index (χ2n) is 6.92. The predicted molar refractivity (Wildman–Crippen MR) is 81.2 cm³/mol. The summed E-state index contributed by atoms with van der Waals surface area (Å²) in [5.41, 5.74) is 2.81. The lowest BCUT2D eigenvalue weighted by atomic mass is 9.86. The summed E-state index contributed by atoms with van der Waals surface area (Å²) in [6.07, 6.45) is 6.07. The number of rotatable bonds is 5. The lowest BCUT2D eigenvalue weighted by molar-refractivity contribution is 0.0454. The minimum atomic E-state index is -0.332. The van der Waals surface area contributed by atoms with Crippen molar-refractivity contribution in [1.29, 1.82) is 0 Å². The van der Waals surface area contributed by atoms with Crippen LogP contribution >= 0.6 is 0 Å². The molecule has 0 saturated heterocycles. The van der Waals surface area contributed by atoms with Crippen LogP contribution in [0.5, 0.6) is 0 Å². The second kappa shape index (κ2) is 5.76. The number of pyridine rings is 1. The molecule has 1 aromatic heterocycles. The van der Waals surface area contributed by atoms with E-state index in [-0.39, 0.29) is 18.1 Å². The Kier molecular flexibility index (Phi) is 3.98. The Morgan fingerprint density at radius 1 is 1.43 bits per heavy atom. The van der Waals surface area contributed by atoms with Gasteiger partial charge in [-0.2, -0.15) is 0 Å². The first-order chi connectivity index (χ1) is 10.1. The lowest BCUT2D eigenvalue weighted by Gasteiger charge is -2.25. The van der Waals surface area contributed by atoms with E-state index in [1.807, 2.05) is 6.07 Å². The molecule has 2 aliphatic carbocycles. The summed E-state index contributed by atoms with van der Waals surface area (Å²) in [6, 6.07) is 3.81. The summed E-state index contributed by atoms with van der Waals surface area (Å²) in [5, 5.41) is 3.19. The summed E-state index contributed by atoms with van der Waals surface area (Å²) < 4.78 is 5.26. The fraction of sp³-hybridized carbons (Fsp3) is 0.647. The van der Waals surface area contributed by atoms with Crippen LogP contribution in [0.4, 0.5) is 0 Å². The summed E-state index contributed by atoms with van der Waals surface area (Å²) in [5.74, 6) is 0.434. The zero-order valence-electron chi connectivity index (χ0n) is 12.9. The van der Waals surface area contributed by atoms with Crippen molar-refractivity contribution in [3.63, 3.8) is 0 Å². The van der Waals surface area contributed by atoms with Gasteiger partial charge in [0, 0.05) is 12.0 Å². The molecule has 0 spiro atoms. The fourth-order valence-electron chi connectivity index (χ4n) is 3.11. The number of carbonyl (C=O) groups is 1. The highest BCUT2D eigenvalue weighted by atomic mass is 16.5. The zero-order chi connectivity index (χ0) is 14.9.